The Balaban J connectivity index is 1.45. The summed E-state index contributed by atoms with van der Waals surface area (Å²) in [4.78, 5) is 41.7. The molecule has 0 saturated carbocycles. The van der Waals surface area contributed by atoms with Gasteiger partial charge in [-0.1, -0.05) is 41.9 Å². The average molecular weight is 517 g/mol. The van der Waals surface area contributed by atoms with Crippen LogP contribution in [0.25, 0.3) is 0 Å². The fraction of sp³-hybridized carbons (Fsp3) is 0.423. The molecule has 0 aliphatic carbocycles. The summed E-state index contributed by atoms with van der Waals surface area (Å²) in [7, 11) is 0. The van der Waals surface area contributed by atoms with Gasteiger partial charge < -0.3 is 19.9 Å². The summed E-state index contributed by atoms with van der Waals surface area (Å²) in [5, 5.41) is 4.95. The molecule has 0 bridgehead atoms. The smallest absolute Gasteiger partial charge is 0.322 e. The zero-order chi connectivity index (χ0) is 25.9. The second-order valence-corrected chi connectivity index (χ2v) is 9.97. The number of carbonyl (C=O) groups is 3. The van der Waals surface area contributed by atoms with Crippen molar-refractivity contribution >= 4 is 35.1 Å². The van der Waals surface area contributed by atoms with E-state index in [1.165, 1.54) is 6.07 Å². The Morgan fingerprint density at radius 1 is 1.22 bits per heavy atom. The number of hydrogen-bond donors (Lipinski definition) is 2. The van der Waals surface area contributed by atoms with Crippen LogP contribution in [0.15, 0.2) is 48.5 Å². The van der Waals surface area contributed by atoms with Gasteiger partial charge in [-0.3, -0.25) is 14.9 Å². The molecule has 8 nitrogen and oxygen atoms in total. The molecule has 36 heavy (non-hydrogen) atoms. The summed E-state index contributed by atoms with van der Waals surface area (Å²) in [5.74, 6) is -1.71. The number of ether oxygens (including phenoxy) is 1. The molecule has 2 aliphatic rings. The maximum Gasteiger partial charge on any atom is 0.322 e. The summed E-state index contributed by atoms with van der Waals surface area (Å²) in [5.41, 5.74) is 0.565. The molecule has 2 unspecified atom stereocenters. The van der Waals surface area contributed by atoms with E-state index in [0.29, 0.717) is 26.2 Å². The zero-order valence-electron chi connectivity index (χ0n) is 20.3. The highest BCUT2D eigenvalue weighted by Crippen LogP contribution is 2.28. The molecule has 0 radical (unpaired) electrons. The Morgan fingerprint density at radius 2 is 1.97 bits per heavy atom. The lowest BCUT2D eigenvalue weighted by Crippen LogP contribution is -2.56. The number of piperazine rings is 1. The van der Waals surface area contributed by atoms with Gasteiger partial charge in [0.1, 0.15) is 11.4 Å². The molecule has 2 heterocycles. The molecule has 0 aromatic heterocycles. The highest BCUT2D eigenvalue weighted by Gasteiger charge is 2.45. The minimum absolute atomic E-state index is 0.0415. The molecule has 4 rings (SSSR count). The minimum Gasteiger partial charge on any atom is -0.376 e. The molecule has 192 valence electrons. The summed E-state index contributed by atoms with van der Waals surface area (Å²) in [6.45, 7) is 5.47. The number of nitrogens with zero attached hydrogens (tertiary/aromatic N) is 2. The van der Waals surface area contributed by atoms with Gasteiger partial charge in [0.25, 0.3) is 5.91 Å². The van der Waals surface area contributed by atoms with Gasteiger partial charge >= 0.3 is 6.03 Å². The number of rotatable bonds is 8. The van der Waals surface area contributed by atoms with Gasteiger partial charge in [-0.2, -0.15) is 0 Å². The fourth-order valence-corrected chi connectivity index (χ4v) is 4.97. The maximum atomic E-state index is 13.7. The van der Waals surface area contributed by atoms with Crippen LogP contribution in [0.3, 0.4) is 0 Å². The number of benzene rings is 2. The molecule has 2 fully saturated rings. The first kappa shape index (κ1) is 25.9. The normalized spacial score (nSPS) is 22.8. The molecule has 2 saturated heterocycles. The van der Waals surface area contributed by atoms with E-state index in [2.05, 4.69) is 15.5 Å². The molecular formula is C26H30ClFN4O4. The van der Waals surface area contributed by atoms with Crippen molar-refractivity contribution in [2.45, 2.75) is 38.5 Å². The lowest BCUT2D eigenvalue weighted by atomic mass is 9.88. The topological polar surface area (TPSA) is 91.0 Å². The van der Waals surface area contributed by atoms with Crippen molar-refractivity contribution in [1.29, 1.82) is 0 Å². The first-order valence-electron chi connectivity index (χ1n) is 11.9. The number of carbonyl (C=O) groups excluding carboxylic acids is 3. The van der Waals surface area contributed by atoms with Crippen LogP contribution in [0, 0.1) is 11.7 Å². The molecule has 10 heteroatoms. The molecule has 2 aromatic rings. The van der Waals surface area contributed by atoms with Gasteiger partial charge in [0.15, 0.2) is 0 Å². The van der Waals surface area contributed by atoms with Crippen molar-refractivity contribution < 1.29 is 23.5 Å². The van der Waals surface area contributed by atoms with Crippen molar-refractivity contribution in [3.8, 4) is 0 Å². The number of anilines is 1. The van der Waals surface area contributed by atoms with Gasteiger partial charge in [0, 0.05) is 31.4 Å². The van der Waals surface area contributed by atoms with Crippen LogP contribution in [0.5, 0.6) is 0 Å². The van der Waals surface area contributed by atoms with Crippen molar-refractivity contribution in [2.24, 2.45) is 5.92 Å². The van der Waals surface area contributed by atoms with Gasteiger partial charge in [0.05, 0.1) is 24.2 Å². The van der Waals surface area contributed by atoms with Crippen LogP contribution in [0.1, 0.15) is 25.8 Å². The molecule has 0 spiro atoms. The van der Waals surface area contributed by atoms with Crippen LogP contribution in [0.4, 0.5) is 14.9 Å². The quantitative estimate of drug-likeness (QED) is 0.525. The Hall–Kier alpha value is -3.17. The highest BCUT2D eigenvalue weighted by atomic mass is 35.5. The Bertz CT molecular complexity index is 1130. The number of halogens is 2. The van der Waals surface area contributed by atoms with Crippen LogP contribution < -0.4 is 15.5 Å². The average Bonchev–Trinajstić information content (AvgIpc) is 3.11. The molecular weight excluding hydrogens is 487 g/mol. The van der Waals surface area contributed by atoms with E-state index < -0.39 is 29.2 Å². The zero-order valence-corrected chi connectivity index (χ0v) is 21.1. The van der Waals surface area contributed by atoms with Crippen molar-refractivity contribution in [3.63, 3.8) is 0 Å². The van der Waals surface area contributed by atoms with Crippen LogP contribution >= 0.6 is 11.6 Å². The Morgan fingerprint density at radius 3 is 2.61 bits per heavy atom. The SMILES string of the molecule is C[C@H]1CN(C(=O)C(COCc2ccccc2)CC2(C)NC(=O)NC2=O)CCN1c1ccc(F)c(Cl)c1. The number of amides is 4. The van der Waals surface area contributed by atoms with E-state index in [1.807, 2.05) is 37.3 Å². The van der Waals surface area contributed by atoms with Crippen molar-refractivity contribution in [1.82, 2.24) is 15.5 Å². The first-order valence-corrected chi connectivity index (χ1v) is 12.3. The molecule has 2 aliphatic heterocycles. The second kappa shape index (κ2) is 10.8. The minimum atomic E-state index is -1.20. The molecule has 2 N–H and O–H groups in total. The maximum absolute atomic E-state index is 13.7. The summed E-state index contributed by atoms with van der Waals surface area (Å²) < 4.78 is 19.5. The predicted octanol–water partition coefficient (Wildman–Crippen LogP) is 3.34. The summed E-state index contributed by atoms with van der Waals surface area (Å²) in [6, 6.07) is 13.6. The van der Waals surface area contributed by atoms with Gasteiger partial charge in [-0.15, -0.1) is 0 Å². The lowest BCUT2D eigenvalue weighted by Gasteiger charge is -2.42. The Kier molecular flexibility index (Phi) is 7.80. The van der Waals surface area contributed by atoms with Crippen molar-refractivity contribution in [2.75, 3.05) is 31.1 Å². The van der Waals surface area contributed by atoms with E-state index in [9.17, 15) is 18.8 Å². The van der Waals surface area contributed by atoms with Crippen molar-refractivity contribution in [3.05, 3.63) is 64.9 Å². The van der Waals surface area contributed by atoms with E-state index in [0.717, 1.165) is 11.3 Å². The first-order chi connectivity index (χ1) is 17.2. The second-order valence-electron chi connectivity index (χ2n) is 9.57. The van der Waals surface area contributed by atoms with E-state index >= 15 is 0 Å². The van der Waals surface area contributed by atoms with Gasteiger partial charge in [0.2, 0.25) is 5.91 Å². The molecule has 4 amide bonds. The summed E-state index contributed by atoms with van der Waals surface area (Å²) in [6.07, 6.45) is 0.111. The highest BCUT2D eigenvalue weighted by molar-refractivity contribution is 6.31. The lowest BCUT2D eigenvalue weighted by molar-refractivity contribution is -0.140. The van der Waals surface area contributed by atoms with Crippen LogP contribution in [-0.2, 0) is 20.9 Å². The number of hydrogen-bond acceptors (Lipinski definition) is 5. The largest absolute Gasteiger partial charge is 0.376 e. The third-order valence-corrected chi connectivity index (χ3v) is 7.02. The third kappa shape index (κ3) is 5.79. The predicted molar refractivity (Wildman–Crippen MR) is 134 cm³/mol. The standard InChI is InChI=1S/C26H30ClFN4O4/c1-17-14-31(10-11-32(17)20-8-9-22(28)21(27)12-20)23(33)19(13-26(2)24(34)29-25(35)30-26)16-36-15-18-6-4-3-5-7-18/h3-9,12,17,19H,10-11,13-16H2,1-2H3,(H2,29,30,34,35)/t17-,19?,26?/m0/s1. The summed E-state index contributed by atoms with van der Waals surface area (Å²) >= 11 is 5.97. The Labute approximate surface area is 214 Å². The van der Waals surface area contributed by atoms with E-state index in [4.69, 9.17) is 16.3 Å². The number of nitrogens with one attached hydrogen (secondary N) is 2. The van der Waals surface area contributed by atoms with Crippen LogP contribution in [0.2, 0.25) is 5.02 Å². The molecule has 2 aromatic carbocycles. The number of urea groups is 1. The molecule has 3 atom stereocenters. The fourth-order valence-electron chi connectivity index (χ4n) is 4.79. The monoisotopic (exact) mass is 516 g/mol. The van der Waals surface area contributed by atoms with Gasteiger partial charge in [-0.25, -0.2) is 9.18 Å². The number of imide groups is 1. The van der Waals surface area contributed by atoms with E-state index in [-0.39, 0.29) is 30.0 Å². The van der Waals surface area contributed by atoms with Gasteiger partial charge in [-0.05, 0) is 44.0 Å². The third-order valence-electron chi connectivity index (χ3n) is 6.73. The van der Waals surface area contributed by atoms with E-state index in [1.54, 1.807) is 24.0 Å². The van der Waals surface area contributed by atoms with Crippen LogP contribution in [-0.4, -0.2) is 60.6 Å².